The molecule has 0 aliphatic carbocycles. The van der Waals surface area contributed by atoms with Gasteiger partial charge in [0, 0.05) is 12.0 Å². The van der Waals surface area contributed by atoms with E-state index in [0.29, 0.717) is 29.2 Å². The number of carbonyl (C=O) groups is 1. The van der Waals surface area contributed by atoms with Gasteiger partial charge in [-0.15, -0.1) is 0 Å². The van der Waals surface area contributed by atoms with E-state index in [1.807, 2.05) is 0 Å². The Morgan fingerprint density at radius 1 is 1.21 bits per heavy atom. The first-order valence-corrected chi connectivity index (χ1v) is 7.07. The fourth-order valence-corrected chi connectivity index (χ4v) is 2.65. The Hall–Kier alpha value is -2.19. The first kappa shape index (κ1) is 16.7. The van der Waals surface area contributed by atoms with E-state index in [2.05, 4.69) is 0 Å². The molecule has 1 heterocycles. The molecule has 1 aliphatic rings. The molecule has 0 fully saturated rings. The van der Waals surface area contributed by atoms with E-state index >= 15 is 0 Å². The van der Waals surface area contributed by atoms with E-state index in [1.165, 1.54) is 6.07 Å². The second-order valence-electron chi connectivity index (χ2n) is 5.48. The van der Waals surface area contributed by atoms with Gasteiger partial charge >= 0.3 is 13.3 Å². The largest absolute Gasteiger partial charge is 0.491 e. The van der Waals surface area contributed by atoms with Gasteiger partial charge < -0.3 is 9.68 Å². The predicted octanol–water partition coefficient (Wildman–Crippen LogP) is 2.49. The van der Waals surface area contributed by atoms with E-state index in [4.69, 9.17) is 4.65 Å². The van der Waals surface area contributed by atoms with Crippen molar-refractivity contribution < 1.29 is 32.0 Å². The maximum Gasteiger partial charge on any atom is 0.491 e. The Labute approximate surface area is 135 Å². The van der Waals surface area contributed by atoms with Crippen LogP contribution in [0, 0.1) is 5.82 Å². The lowest BCUT2D eigenvalue weighted by molar-refractivity contribution is -0.137. The smallest absolute Gasteiger partial charge is 0.423 e. The van der Waals surface area contributed by atoms with Crippen molar-refractivity contribution in [3.05, 3.63) is 64.5 Å². The lowest BCUT2D eigenvalue weighted by atomic mass is 9.78. The van der Waals surface area contributed by atoms with Gasteiger partial charge in [-0.05, 0) is 34.8 Å². The molecular weight excluding hydrogens is 327 g/mol. The number of carbonyl (C=O) groups excluding carboxylic acids is 1. The van der Waals surface area contributed by atoms with Crippen LogP contribution in [-0.4, -0.2) is 17.9 Å². The van der Waals surface area contributed by atoms with Crippen LogP contribution in [0.3, 0.4) is 0 Å². The molecule has 24 heavy (non-hydrogen) atoms. The number of ketones is 1. The minimum atomic E-state index is -4.75. The Kier molecular flexibility index (Phi) is 4.19. The van der Waals surface area contributed by atoms with Crippen LogP contribution in [0.25, 0.3) is 0 Å². The highest BCUT2D eigenvalue weighted by Crippen LogP contribution is 2.33. The fourth-order valence-electron chi connectivity index (χ4n) is 2.65. The molecule has 0 bridgehead atoms. The topological polar surface area (TPSA) is 46.5 Å². The van der Waals surface area contributed by atoms with Gasteiger partial charge in [0.25, 0.3) is 0 Å². The van der Waals surface area contributed by atoms with Gasteiger partial charge in [0.15, 0.2) is 5.78 Å². The van der Waals surface area contributed by atoms with Crippen molar-refractivity contribution >= 4 is 18.4 Å². The maximum absolute atomic E-state index is 13.3. The number of halogens is 4. The van der Waals surface area contributed by atoms with Crippen molar-refractivity contribution in [1.82, 2.24) is 0 Å². The summed E-state index contributed by atoms with van der Waals surface area (Å²) in [7, 11) is -1.12. The molecule has 124 valence electrons. The molecule has 0 radical (unpaired) electrons. The van der Waals surface area contributed by atoms with Crippen LogP contribution in [0.2, 0.25) is 0 Å². The molecule has 0 saturated carbocycles. The molecule has 3 nitrogen and oxygen atoms in total. The lowest BCUT2D eigenvalue weighted by Gasteiger charge is -2.12. The summed E-state index contributed by atoms with van der Waals surface area (Å²) >= 11 is 0. The van der Waals surface area contributed by atoms with Crippen LogP contribution in [0.1, 0.15) is 27.0 Å². The van der Waals surface area contributed by atoms with Crippen LogP contribution in [0.15, 0.2) is 36.4 Å². The van der Waals surface area contributed by atoms with E-state index in [1.54, 1.807) is 12.1 Å². The number of hydrogen-bond donors (Lipinski definition) is 1. The Morgan fingerprint density at radius 3 is 2.67 bits per heavy atom. The third-order valence-electron chi connectivity index (χ3n) is 3.83. The summed E-state index contributed by atoms with van der Waals surface area (Å²) < 4.78 is 57.3. The zero-order valence-corrected chi connectivity index (χ0v) is 12.2. The first-order valence-electron chi connectivity index (χ1n) is 7.07. The Balaban J connectivity index is 1.91. The van der Waals surface area contributed by atoms with Crippen molar-refractivity contribution in [2.24, 2.45) is 0 Å². The van der Waals surface area contributed by atoms with Gasteiger partial charge in [0.2, 0.25) is 0 Å². The molecule has 0 aromatic heterocycles. The summed E-state index contributed by atoms with van der Waals surface area (Å²) in [5, 5.41) is 9.64. The summed E-state index contributed by atoms with van der Waals surface area (Å²) in [6.45, 7) is 0.229. The molecule has 2 aromatic rings. The minimum absolute atomic E-state index is 0.229. The summed E-state index contributed by atoms with van der Waals surface area (Å²) in [6.07, 6.45) is -5.09. The highest BCUT2D eigenvalue weighted by Gasteiger charge is 2.35. The van der Waals surface area contributed by atoms with Crippen LogP contribution < -0.4 is 5.46 Å². The number of alkyl halides is 3. The van der Waals surface area contributed by atoms with Gasteiger partial charge in [-0.3, -0.25) is 4.79 Å². The van der Waals surface area contributed by atoms with Gasteiger partial charge in [-0.2, -0.15) is 13.2 Å². The lowest BCUT2D eigenvalue weighted by Crippen LogP contribution is -2.28. The van der Waals surface area contributed by atoms with Gasteiger partial charge in [0.1, 0.15) is 5.82 Å². The molecule has 2 aromatic carbocycles. The second kappa shape index (κ2) is 6.03. The van der Waals surface area contributed by atoms with E-state index in [9.17, 15) is 27.4 Å². The summed E-state index contributed by atoms with van der Waals surface area (Å²) in [4.78, 5) is 12.3. The zero-order valence-electron chi connectivity index (χ0n) is 12.2. The van der Waals surface area contributed by atoms with Crippen LogP contribution >= 0.6 is 0 Å². The predicted molar refractivity (Wildman–Crippen MR) is 78.3 cm³/mol. The summed E-state index contributed by atoms with van der Waals surface area (Å²) in [6, 6.07) is 6.55. The molecular formula is C16H11BF4O3. The zero-order chi connectivity index (χ0) is 17.5. The average Bonchev–Trinajstić information content (AvgIpc) is 2.87. The van der Waals surface area contributed by atoms with Crippen molar-refractivity contribution in [2.45, 2.75) is 19.2 Å². The summed E-state index contributed by atoms with van der Waals surface area (Å²) in [5.74, 6) is -1.76. The Bertz CT molecular complexity index is 804. The minimum Gasteiger partial charge on any atom is -0.423 e. The SMILES string of the molecule is O=C(Cc1ccc2c(c1)B(O)OC2)c1cc(F)ccc1C(F)(F)F. The average molecular weight is 338 g/mol. The molecule has 1 N–H and O–H groups in total. The number of fused-ring (bicyclic) bond motifs is 1. The number of hydrogen-bond acceptors (Lipinski definition) is 3. The van der Waals surface area contributed by atoms with Gasteiger partial charge in [-0.1, -0.05) is 18.2 Å². The first-order chi connectivity index (χ1) is 11.3. The third-order valence-corrected chi connectivity index (χ3v) is 3.83. The highest BCUT2D eigenvalue weighted by molar-refractivity contribution is 6.61. The normalized spacial score (nSPS) is 14.0. The number of benzene rings is 2. The van der Waals surface area contributed by atoms with Crippen LogP contribution in [0.5, 0.6) is 0 Å². The monoisotopic (exact) mass is 338 g/mol. The molecule has 1 aliphatic heterocycles. The van der Waals surface area contributed by atoms with Gasteiger partial charge in [-0.25, -0.2) is 4.39 Å². The molecule has 0 spiro atoms. The van der Waals surface area contributed by atoms with Crippen LogP contribution in [0.4, 0.5) is 17.6 Å². The molecule has 0 atom stereocenters. The molecule has 8 heteroatoms. The maximum atomic E-state index is 13.3. The third kappa shape index (κ3) is 3.20. The molecule has 0 unspecified atom stereocenters. The van der Waals surface area contributed by atoms with E-state index in [0.717, 1.165) is 5.56 Å². The summed E-state index contributed by atoms with van der Waals surface area (Å²) in [5.41, 5.74) is -0.227. The molecule has 3 rings (SSSR count). The Morgan fingerprint density at radius 2 is 1.96 bits per heavy atom. The van der Waals surface area contributed by atoms with Crippen molar-refractivity contribution in [1.29, 1.82) is 0 Å². The second-order valence-corrected chi connectivity index (χ2v) is 5.48. The quantitative estimate of drug-likeness (QED) is 0.531. The van der Waals surface area contributed by atoms with Crippen molar-refractivity contribution in [3.8, 4) is 0 Å². The van der Waals surface area contributed by atoms with Crippen LogP contribution in [-0.2, 0) is 23.9 Å². The van der Waals surface area contributed by atoms with Crippen molar-refractivity contribution in [2.75, 3.05) is 0 Å². The number of Topliss-reactive ketones (excluding diaryl/α,β-unsaturated/α-hetero) is 1. The van der Waals surface area contributed by atoms with E-state index < -0.39 is 36.0 Å². The van der Waals surface area contributed by atoms with Crippen molar-refractivity contribution in [3.63, 3.8) is 0 Å². The van der Waals surface area contributed by atoms with Gasteiger partial charge in [0.05, 0.1) is 12.2 Å². The standard InChI is InChI=1S/C16H11BF4O3/c18-11-3-4-13(16(19,20)21)12(7-11)15(22)6-9-1-2-10-8-24-17(23)14(10)5-9/h1-5,7,23H,6,8H2. The fraction of sp³-hybridized carbons (Fsp3) is 0.188. The molecule has 0 amide bonds. The van der Waals surface area contributed by atoms with E-state index in [-0.39, 0.29) is 13.0 Å². The highest BCUT2D eigenvalue weighted by atomic mass is 19.4. The number of rotatable bonds is 3. The molecule has 0 saturated heterocycles.